The van der Waals surface area contributed by atoms with E-state index in [-0.39, 0.29) is 0 Å². The summed E-state index contributed by atoms with van der Waals surface area (Å²) in [6.07, 6.45) is 3.10. The fraction of sp³-hybridized carbons (Fsp3) is 0.105. The van der Waals surface area contributed by atoms with Gasteiger partial charge in [0.1, 0.15) is 5.01 Å². The number of thiazole rings is 1. The second-order valence-corrected chi connectivity index (χ2v) is 7.21. The molecule has 0 aliphatic heterocycles. The van der Waals surface area contributed by atoms with Crippen molar-refractivity contribution in [3.8, 4) is 21.8 Å². The highest BCUT2D eigenvalue weighted by Crippen LogP contribution is 2.34. The number of benzene rings is 2. The van der Waals surface area contributed by atoms with Crippen LogP contribution in [0.15, 0.2) is 58.5 Å². The van der Waals surface area contributed by atoms with Gasteiger partial charge in [0.2, 0.25) is 0 Å². The summed E-state index contributed by atoms with van der Waals surface area (Å²) in [5, 5.41) is 4.43. The lowest BCUT2D eigenvalue weighted by Crippen LogP contribution is -1.82. The summed E-state index contributed by atoms with van der Waals surface area (Å²) in [5.41, 5.74) is 5.93. The van der Waals surface area contributed by atoms with Crippen molar-refractivity contribution >= 4 is 38.2 Å². The molecule has 1 N–H and O–H groups in total. The van der Waals surface area contributed by atoms with Crippen LogP contribution < -0.4 is 0 Å². The summed E-state index contributed by atoms with van der Waals surface area (Å²) in [6, 6.07) is 14.8. The molecule has 4 aromatic rings. The Labute approximate surface area is 147 Å². The Bertz CT molecular complexity index is 967. The van der Waals surface area contributed by atoms with Crippen molar-refractivity contribution in [2.75, 3.05) is 0 Å². The van der Waals surface area contributed by atoms with Crippen LogP contribution in [0.2, 0.25) is 0 Å². The Morgan fingerprint density at radius 3 is 2.74 bits per heavy atom. The van der Waals surface area contributed by atoms with Gasteiger partial charge in [-0.05, 0) is 24.1 Å². The van der Waals surface area contributed by atoms with E-state index in [1.807, 2.05) is 0 Å². The molecule has 0 aliphatic carbocycles. The van der Waals surface area contributed by atoms with E-state index in [9.17, 15) is 0 Å². The number of aromatic nitrogens is 2. The van der Waals surface area contributed by atoms with Crippen LogP contribution in [0.3, 0.4) is 0 Å². The fourth-order valence-corrected chi connectivity index (χ4v) is 3.94. The predicted molar refractivity (Wildman–Crippen MR) is 102 cm³/mol. The minimum atomic E-state index is 1.03. The normalized spacial score (nSPS) is 11.2. The summed E-state index contributed by atoms with van der Waals surface area (Å²) in [5.74, 6) is 0. The first kappa shape index (κ1) is 14.7. The lowest BCUT2D eigenvalue weighted by Gasteiger charge is -2.00. The average Bonchev–Trinajstić information content (AvgIpc) is 3.21. The topological polar surface area (TPSA) is 28.7 Å². The lowest BCUT2D eigenvalue weighted by atomic mass is 10.1. The summed E-state index contributed by atoms with van der Waals surface area (Å²) in [4.78, 5) is 8.26. The van der Waals surface area contributed by atoms with Gasteiger partial charge in [0.05, 0.1) is 5.69 Å². The molecule has 2 nitrogen and oxygen atoms in total. The van der Waals surface area contributed by atoms with E-state index in [1.54, 1.807) is 11.3 Å². The van der Waals surface area contributed by atoms with Gasteiger partial charge in [-0.15, -0.1) is 11.3 Å². The lowest BCUT2D eigenvalue weighted by molar-refractivity contribution is 1.15. The maximum absolute atomic E-state index is 4.84. The van der Waals surface area contributed by atoms with Crippen molar-refractivity contribution in [1.29, 1.82) is 0 Å². The molecule has 0 aliphatic rings. The maximum Gasteiger partial charge on any atom is 0.124 e. The summed E-state index contributed by atoms with van der Waals surface area (Å²) in [7, 11) is 0. The Hall–Kier alpha value is -1.91. The highest BCUT2D eigenvalue weighted by molar-refractivity contribution is 9.10. The molecule has 0 bridgehead atoms. The van der Waals surface area contributed by atoms with Gasteiger partial charge in [-0.25, -0.2) is 4.98 Å². The van der Waals surface area contributed by atoms with E-state index in [1.165, 1.54) is 22.0 Å². The molecule has 0 radical (unpaired) electrons. The van der Waals surface area contributed by atoms with Gasteiger partial charge in [-0.1, -0.05) is 53.2 Å². The van der Waals surface area contributed by atoms with Crippen molar-refractivity contribution in [2.45, 2.75) is 13.3 Å². The number of rotatable bonds is 3. The van der Waals surface area contributed by atoms with Gasteiger partial charge in [0, 0.05) is 38.1 Å². The summed E-state index contributed by atoms with van der Waals surface area (Å²) in [6.45, 7) is 2.18. The molecule has 0 saturated carbocycles. The third-order valence-electron chi connectivity index (χ3n) is 4.05. The molecule has 0 spiro atoms. The molecule has 4 rings (SSSR count). The molecule has 0 atom stereocenters. The molecule has 0 unspecified atom stereocenters. The zero-order valence-electron chi connectivity index (χ0n) is 12.6. The van der Waals surface area contributed by atoms with Crippen LogP contribution in [0, 0.1) is 0 Å². The number of nitrogens with one attached hydrogen (secondary N) is 1. The van der Waals surface area contributed by atoms with Gasteiger partial charge < -0.3 is 4.98 Å². The molecule has 0 amide bonds. The smallest absolute Gasteiger partial charge is 0.124 e. The predicted octanol–water partition coefficient (Wildman–Crippen LogP) is 6.28. The van der Waals surface area contributed by atoms with Crippen LogP contribution in [-0.2, 0) is 6.42 Å². The monoisotopic (exact) mass is 382 g/mol. The number of aryl methyl sites for hydroxylation is 1. The molecule has 2 aromatic carbocycles. The van der Waals surface area contributed by atoms with Crippen LogP contribution in [0.4, 0.5) is 0 Å². The van der Waals surface area contributed by atoms with Crippen molar-refractivity contribution in [3.05, 3.63) is 64.1 Å². The quantitative estimate of drug-likeness (QED) is 0.443. The highest BCUT2D eigenvalue weighted by atomic mass is 79.9. The molecule has 4 heteroatoms. The number of fused-ring (bicyclic) bond motifs is 1. The third kappa shape index (κ3) is 2.62. The number of H-pyrrole nitrogens is 1. The summed E-state index contributed by atoms with van der Waals surface area (Å²) >= 11 is 5.16. The van der Waals surface area contributed by atoms with E-state index in [2.05, 4.69) is 81.9 Å². The van der Waals surface area contributed by atoms with E-state index in [4.69, 9.17) is 4.98 Å². The van der Waals surface area contributed by atoms with Gasteiger partial charge in [0.15, 0.2) is 0 Å². The second-order valence-electron chi connectivity index (χ2n) is 5.44. The molecule has 2 aromatic heterocycles. The summed E-state index contributed by atoms with van der Waals surface area (Å²) < 4.78 is 1.08. The van der Waals surface area contributed by atoms with Gasteiger partial charge in [-0.3, -0.25) is 0 Å². The number of aromatic amines is 1. The average molecular weight is 383 g/mol. The van der Waals surface area contributed by atoms with Crippen LogP contribution >= 0.6 is 27.3 Å². The number of para-hydroxylation sites is 1. The molecule has 0 fully saturated rings. The van der Waals surface area contributed by atoms with Crippen molar-refractivity contribution < 1.29 is 0 Å². The van der Waals surface area contributed by atoms with E-state index < -0.39 is 0 Å². The first-order valence-electron chi connectivity index (χ1n) is 7.57. The molecule has 23 heavy (non-hydrogen) atoms. The Morgan fingerprint density at radius 1 is 1.13 bits per heavy atom. The van der Waals surface area contributed by atoms with Crippen LogP contribution in [0.25, 0.3) is 32.7 Å². The van der Waals surface area contributed by atoms with Gasteiger partial charge >= 0.3 is 0 Å². The first-order valence-corrected chi connectivity index (χ1v) is 9.24. The van der Waals surface area contributed by atoms with E-state index in [0.29, 0.717) is 0 Å². The molecule has 0 saturated heterocycles. The Balaban J connectivity index is 1.79. The number of nitrogens with zero attached hydrogens (tertiary/aromatic N) is 1. The number of hydrogen-bond donors (Lipinski definition) is 1. The standard InChI is InChI=1S/C19H15BrN2S/c1-2-12-4-3-5-15-16(10-21-18(12)15)17-11-23-19(22-17)13-6-8-14(20)9-7-13/h3-11,21H,2H2,1H3. The highest BCUT2D eigenvalue weighted by Gasteiger charge is 2.12. The Kier molecular flexibility index (Phi) is 3.79. The number of halogens is 1. The van der Waals surface area contributed by atoms with E-state index in [0.717, 1.165) is 27.2 Å². The van der Waals surface area contributed by atoms with Crippen molar-refractivity contribution in [2.24, 2.45) is 0 Å². The largest absolute Gasteiger partial charge is 0.360 e. The fourth-order valence-electron chi connectivity index (χ4n) is 2.85. The van der Waals surface area contributed by atoms with Gasteiger partial charge in [-0.2, -0.15) is 0 Å². The van der Waals surface area contributed by atoms with E-state index >= 15 is 0 Å². The first-order chi connectivity index (χ1) is 11.3. The molecular weight excluding hydrogens is 368 g/mol. The van der Waals surface area contributed by atoms with Crippen molar-refractivity contribution in [1.82, 2.24) is 9.97 Å². The zero-order chi connectivity index (χ0) is 15.8. The third-order valence-corrected chi connectivity index (χ3v) is 5.47. The van der Waals surface area contributed by atoms with Crippen LogP contribution in [0.5, 0.6) is 0 Å². The molecule has 2 heterocycles. The van der Waals surface area contributed by atoms with Crippen molar-refractivity contribution in [3.63, 3.8) is 0 Å². The number of hydrogen-bond acceptors (Lipinski definition) is 2. The minimum absolute atomic E-state index is 1.03. The Morgan fingerprint density at radius 2 is 1.96 bits per heavy atom. The van der Waals surface area contributed by atoms with Crippen LogP contribution in [-0.4, -0.2) is 9.97 Å². The van der Waals surface area contributed by atoms with Crippen LogP contribution in [0.1, 0.15) is 12.5 Å². The van der Waals surface area contributed by atoms with Gasteiger partial charge in [0.25, 0.3) is 0 Å². The molecule has 114 valence electrons. The maximum atomic E-state index is 4.84. The zero-order valence-corrected chi connectivity index (χ0v) is 15.0. The second kappa shape index (κ2) is 5.95. The minimum Gasteiger partial charge on any atom is -0.360 e. The molecular formula is C19H15BrN2S. The SMILES string of the molecule is CCc1cccc2c(-c3csc(-c4ccc(Br)cc4)n3)c[nH]c12.